The quantitative estimate of drug-likeness (QED) is 0.482. The van der Waals surface area contributed by atoms with Gasteiger partial charge in [0.2, 0.25) is 6.79 Å². The summed E-state index contributed by atoms with van der Waals surface area (Å²) in [5, 5.41) is 0. The van der Waals surface area contributed by atoms with E-state index < -0.39 is 0 Å². The van der Waals surface area contributed by atoms with E-state index >= 15 is 0 Å². The Labute approximate surface area is 53.1 Å². The molecule has 0 saturated carbocycles. The molecule has 0 aromatic rings. The molecule has 2 rings (SSSR count). The summed E-state index contributed by atoms with van der Waals surface area (Å²) in [4.78, 5) is 0. The van der Waals surface area contributed by atoms with Crippen molar-refractivity contribution in [2.75, 3.05) is 6.79 Å². The highest BCUT2D eigenvalue weighted by atomic mass is 16.7. The molecule has 0 aromatic heterocycles. The van der Waals surface area contributed by atoms with Crippen LogP contribution in [-0.4, -0.2) is 6.79 Å². The Kier molecular flexibility index (Phi) is 0.859. The maximum absolute atomic E-state index is 5.11. The molecule has 0 atom stereocenters. The largest absolute Gasteiger partial charge is 0.464 e. The summed E-state index contributed by atoms with van der Waals surface area (Å²) in [6, 6.07) is 0. The van der Waals surface area contributed by atoms with Crippen LogP contribution in [0.15, 0.2) is 35.8 Å². The van der Waals surface area contributed by atoms with Gasteiger partial charge in [-0.3, -0.25) is 0 Å². The predicted molar refractivity (Wildman–Crippen MR) is 32.3 cm³/mol. The molecule has 0 bridgehead atoms. The van der Waals surface area contributed by atoms with Crippen LogP contribution in [0.1, 0.15) is 0 Å². The summed E-state index contributed by atoms with van der Waals surface area (Å²) in [7, 11) is 0. The molecule has 0 N–H and O–H groups in total. The Morgan fingerprint density at radius 2 is 2.44 bits per heavy atom. The zero-order valence-electron chi connectivity index (χ0n) is 4.83. The average Bonchev–Trinajstić information content (AvgIpc) is 2.33. The zero-order valence-corrected chi connectivity index (χ0v) is 4.83. The van der Waals surface area contributed by atoms with E-state index in [-0.39, 0.29) is 0 Å². The third-order valence-corrected chi connectivity index (χ3v) is 1.30. The van der Waals surface area contributed by atoms with Crippen LogP contribution in [-0.2, 0) is 9.47 Å². The normalized spacial score (nSPS) is 21.3. The molecule has 46 valence electrons. The minimum Gasteiger partial charge on any atom is -0.464 e. The van der Waals surface area contributed by atoms with Crippen LogP contribution in [0.2, 0.25) is 0 Å². The molecule has 0 amide bonds. The van der Waals surface area contributed by atoms with E-state index in [0.717, 1.165) is 11.3 Å². The van der Waals surface area contributed by atoms with Gasteiger partial charge in [0.25, 0.3) is 0 Å². The molecule has 9 heavy (non-hydrogen) atoms. The summed E-state index contributed by atoms with van der Waals surface area (Å²) < 4.78 is 10.0. The Hall–Kier alpha value is -1.18. The van der Waals surface area contributed by atoms with Gasteiger partial charge in [-0.25, -0.2) is 0 Å². The second-order valence-corrected chi connectivity index (χ2v) is 1.89. The average molecular weight is 122 g/mol. The van der Waals surface area contributed by atoms with Crippen molar-refractivity contribution in [3.8, 4) is 0 Å². The first-order chi connectivity index (χ1) is 4.47. The van der Waals surface area contributed by atoms with E-state index in [9.17, 15) is 0 Å². The highest BCUT2D eigenvalue weighted by molar-refractivity contribution is 5.44. The van der Waals surface area contributed by atoms with Gasteiger partial charge in [-0.05, 0) is 12.2 Å². The fraction of sp³-hybridized carbons (Fsp3) is 0.143. The highest BCUT2D eigenvalue weighted by Gasteiger charge is 2.11. The minimum absolute atomic E-state index is 0.344. The fourth-order valence-electron chi connectivity index (χ4n) is 0.868. The first-order valence-corrected chi connectivity index (χ1v) is 2.80. The standard InChI is InChI=1S/C7H6O2/c1-2-6-4-8-5-9-7(6)3-1/h1-4H,5H2. The van der Waals surface area contributed by atoms with E-state index in [4.69, 9.17) is 9.47 Å². The fourth-order valence-corrected chi connectivity index (χ4v) is 0.868. The van der Waals surface area contributed by atoms with Crippen molar-refractivity contribution in [1.29, 1.82) is 0 Å². The van der Waals surface area contributed by atoms with Crippen molar-refractivity contribution in [2.24, 2.45) is 0 Å². The van der Waals surface area contributed by atoms with Crippen LogP contribution in [0.5, 0.6) is 0 Å². The van der Waals surface area contributed by atoms with Crippen molar-refractivity contribution in [3.63, 3.8) is 0 Å². The Morgan fingerprint density at radius 1 is 1.44 bits per heavy atom. The number of rotatable bonds is 0. The van der Waals surface area contributed by atoms with Gasteiger partial charge >= 0.3 is 0 Å². The lowest BCUT2D eigenvalue weighted by molar-refractivity contribution is 0.0172. The lowest BCUT2D eigenvalue weighted by atomic mass is 10.3. The molecule has 2 heteroatoms. The number of fused-ring (bicyclic) bond motifs is 1. The maximum atomic E-state index is 5.11. The van der Waals surface area contributed by atoms with Gasteiger partial charge in [-0.1, -0.05) is 6.08 Å². The van der Waals surface area contributed by atoms with Gasteiger partial charge in [0.1, 0.15) is 5.76 Å². The molecule has 0 spiro atoms. The molecule has 1 aliphatic heterocycles. The summed E-state index contributed by atoms with van der Waals surface area (Å²) in [5.41, 5.74) is 1.03. The monoisotopic (exact) mass is 122 g/mol. The summed E-state index contributed by atoms with van der Waals surface area (Å²) >= 11 is 0. The summed E-state index contributed by atoms with van der Waals surface area (Å²) in [5.74, 6) is 0.918. The zero-order chi connectivity index (χ0) is 6.10. The molecule has 0 aromatic carbocycles. The first-order valence-electron chi connectivity index (χ1n) is 2.80. The third kappa shape index (κ3) is 0.633. The maximum Gasteiger partial charge on any atom is 0.230 e. The van der Waals surface area contributed by atoms with Crippen LogP contribution in [0.4, 0.5) is 0 Å². The smallest absolute Gasteiger partial charge is 0.230 e. The van der Waals surface area contributed by atoms with Crippen molar-refractivity contribution < 1.29 is 9.47 Å². The van der Waals surface area contributed by atoms with Crippen molar-refractivity contribution in [1.82, 2.24) is 0 Å². The molecule has 0 unspecified atom stereocenters. The lowest BCUT2D eigenvalue weighted by Crippen LogP contribution is -2.02. The molecule has 0 saturated heterocycles. The molecule has 2 nitrogen and oxygen atoms in total. The number of hydrogen-bond acceptors (Lipinski definition) is 2. The molecule has 0 fully saturated rings. The molecule has 2 aliphatic rings. The second kappa shape index (κ2) is 1.65. The van der Waals surface area contributed by atoms with Crippen LogP contribution >= 0.6 is 0 Å². The van der Waals surface area contributed by atoms with Crippen LogP contribution in [0.3, 0.4) is 0 Å². The van der Waals surface area contributed by atoms with E-state index in [1.165, 1.54) is 0 Å². The van der Waals surface area contributed by atoms with Gasteiger partial charge in [0.05, 0.1) is 11.8 Å². The van der Waals surface area contributed by atoms with E-state index in [0.29, 0.717) is 6.79 Å². The van der Waals surface area contributed by atoms with Crippen molar-refractivity contribution in [2.45, 2.75) is 0 Å². The van der Waals surface area contributed by atoms with E-state index in [1.807, 2.05) is 18.2 Å². The van der Waals surface area contributed by atoms with Gasteiger partial charge in [0.15, 0.2) is 0 Å². The predicted octanol–water partition coefficient (Wildman–Crippen LogP) is 1.33. The minimum atomic E-state index is 0.344. The van der Waals surface area contributed by atoms with Gasteiger partial charge in [0, 0.05) is 0 Å². The second-order valence-electron chi connectivity index (χ2n) is 1.89. The Morgan fingerprint density at radius 3 is 3.33 bits per heavy atom. The number of hydrogen-bond donors (Lipinski definition) is 0. The van der Waals surface area contributed by atoms with Gasteiger partial charge < -0.3 is 9.47 Å². The van der Waals surface area contributed by atoms with Gasteiger partial charge in [-0.15, -0.1) is 0 Å². The van der Waals surface area contributed by atoms with E-state index in [2.05, 4.69) is 0 Å². The molecule has 1 heterocycles. The van der Waals surface area contributed by atoms with Crippen LogP contribution in [0, 0.1) is 0 Å². The topological polar surface area (TPSA) is 18.5 Å². The summed E-state index contributed by atoms with van der Waals surface area (Å²) in [6.45, 7) is 0.344. The number of allylic oxidation sites excluding steroid dienone is 3. The van der Waals surface area contributed by atoms with Gasteiger partial charge in [-0.2, -0.15) is 0 Å². The van der Waals surface area contributed by atoms with Crippen LogP contribution < -0.4 is 0 Å². The highest BCUT2D eigenvalue weighted by Crippen LogP contribution is 2.22. The van der Waals surface area contributed by atoms with Crippen LogP contribution in [0.25, 0.3) is 0 Å². The Bertz CT molecular complexity index is 211. The summed E-state index contributed by atoms with van der Waals surface area (Å²) in [6.07, 6.45) is 7.53. The lowest BCUT2D eigenvalue weighted by Gasteiger charge is -2.13. The molecule has 1 aliphatic carbocycles. The Balaban J connectivity index is 2.38. The molecular formula is C7H6O2. The van der Waals surface area contributed by atoms with Crippen molar-refractivity contribution in [3.05, 3.63) is 35.8 Å². The first kappa shape index (κ1) is 4.68. The SMILES string of the molecule is C1=CC2=COCOC2=C1. The third-order valence-electron chi connectivity index (χ3n) is 1.30. The number of ether oxygens (including phenoxy) is 2. The molecular weight excluding hydrogens is 116 g/mol. The molecule has 0 radical (unpaired) electrons. The van der Waals surface area contributed by atoms with E-state index in [1.54, 1.807) is 6.26 Å². The van der Waals surface area contributed by atoms with Crippen molar-refractivity contribution >= 4 is 0 Å².